The van der Waals surface area contributed by atoms with Gasteiger partial charge in [0, 0.05) is 71.7 Å². The maximum Gasteiger partial charge on any atom is 0.258 e. The van der Waals surface area contributed by atoms with Gasteiger partial charge in [-0.25, -0.2) is 8.78 Å². The van der Waals surface area contributed by atoms with Gasteiger partial charge in [0.05, 0.1) is 5.69 Å². The van der Waals surface area contributed by atoms with Gasteiger partial charge in [-0.3, -0.25) is 9.89 Å². The molecule has 2 aliphatic carbocycles. The van der Waals surface area contributed by atoms with Crippen molar-refractivity contribution in [1.29, 1.82) is 0 Å². The van der Waals surface area contributed by atoms with Crippen LogP contribution in [0.15, 0.2) is 24.3 Å². The monoisotopic (exact) mass is 411 g/mol. The lowest BCUT2D eigenvalue weighted by Gasteiger charge is -2.27. The van der Waals surface area contributed by atoms with E-state index in [1.54, 1.807) is 6.92 Å². The molecule has 0 bridgehead atoms. The van der Waals surface area contributed by atoms with E-state index < -0.39 is 17.3 Å². The van der Waals surface area contributed by atoms with Crippen LogP contribution in [0.4, 0.5) is 8.78 Å². The summed E-state index contributed by atoms with van der Waals surface area (Å²) in [6.07, 6.45) is 0.670. The molecule has 1 aromatic carbocycles. The van der Waals surface area contributed by atoms with Gasteiger partial charge in [-0.1, -0.05) is 13.0 Å². The maximum atomic E-state index is 14.2. The molecule has 1 saturated heterocycles. The van der Waals surface area contributed by atoms with Crippen LogP contribution < -0.4 is 5.32 Å². The first-order chi connectivity index (χ1) is 14.4. The van der Waals surface area contributed by atoms with E-state index in [0.717, 1.165) is 40.9 Å². The smallest absolute Gasteiger partial charge is 0.258 e. The zero-order chi connectivity index (χ0) is 20.7. The number of halogens is 2. The number of carbonyl (C=O) groups is 1. The van der Waals surface area contributed by atoms with Crippen molar-refractivity contribution in [2.45, 2.75) is 25.7 Å². The average Bonchev–Trinajstić information content (AvgIpc) is 3.15. The Balaban J connectivity index is 1.32. The third kappa shape index (κ3) is 2.37. The topological polar surface area (TPSA) is 76.8 Å². The lowest BCUT2D eigenvalue weighted by Crippen LogP contribution is -2.46. The van der Waals surface area contributed by atoms with Crippen LogP contribution in [0.3, 0.4) is 0 Å². The number of nitrogens with one attached hydrogen (secondary N) is 3. The van der Waals surface area contributed by atoms with Gasteiger partial charge >= 0.3 is 0 Å². The number of carbonyl (C=O) groups excluding carboxylic acids is 1. The molecule has 3 N–H and O–H groups in total. The van der Waals surface area contributed by atoms with Crippen molar-refractivity contribution < 1.29 is 13.6 Å². The van der Waals surface area contributed by atoms with Crippen LogP contribution in [-0.4, -0.2) is 58.1 Å². The second-order valence-electron chi connectivity index (χ2n) is 9.03. The van der Waals surface area contributed by atoms with Gasteiger partial charge in [0.25, 0.3) is 11.8 Å². The molecule has 2 aromatic heterocycles. The first-order valence-corrected chi connectivity index (χ1v) is 10.5. The summed E-state index contributed by atoms with van der Waals surface area (Å²) in [6, 6.07) is 7.62. The lowest BCUT2D eigenvalue weighted by atomic mass is 9.87. The second kappa shape index (κ2) is 5.91. The number of aromatic amines is 2. The Morgan fingerprint density at radius 2 is 2.03 bits per heavy atom. The number of amides is 1. The molecule has 8 heteroatoms. The van der Waals surface area contributed by atoms with Crippen LogP contribution >= 0.6 is 0 Å². The van der Waals surface area contributed by atoms with Crippen LogP contribution in [0, 0.1) is 11.3 Å². The molecule has 2 unspecified atom stereocenters. The highest BCUT2D eigenvalue weighted by Crippen LogP contribution is 2.70. The van der Waals surface area contributed by atoms with Gasteiger partial charge in [-0.2, -0.15) is 5.10 Å². The number of hydrogen-bond acceptors (Lipinski definition) is 3. The van der Waals surface area contributed by atoms with Gasteiger partial charge in [0.1, 0.15) is 5.69 Å². The van der Waals surface area contributed by atoms with Crippen LogP contribution in [-0.2, 0) is 12.8 Å². The fraction of sp³-hybridized carbons (Fsp3) is 0.455. The minimum absolute atomic E-state index is 0.0296. The first-order valence-electron chi connectivity index (χ1n) is 10.5. The minimum Gasteiger partial charge on any atom is -0.353 e. The van der Waals surface area contributed by atoms with E-state index in [1.165, 1.54) is 0 Å². The van der Waals surface area contributed by atoms with Gasteiger partial charge in [-0.15, -0.1) is 0 Å². The van der Waals surface area contributed by atoms with Crippen LogP contribution in [0.5, 0.6) is 0 Å². The number of alkyl halides is 2. The van der Waals surface area contributed by atoms with E-state index in [2.05, 4.69) is 20.5 Å². The summed E-state index contributed by atoms with van der Waals surface area (Å²) >= 11 is 0. The Morgan fingerprint density at radius 1 is 1.23 bits per heavy atom. The number of hydrogen-bond donors (Lipinski definition) is 3. The van der Waals surface area contributed by atoms with Gasteiger partial charge in [-0.05, 0) is 24.6 Å². The molecule has 6 nitrogen and oxygen atoms in total. The molecular weight excluding hydrogens is 388 g/mol. The fourth-order valence-electron chi connectivity index (χ4n) is 5.27. The standard InChI is InChI=1S/C22H23F2N5O/c1-21-11-17-14(10-18(21)22(21,23)24)19(28-27-17)16-8-12-2-3-13(9-15(12)26-16)20(30)29-6-4-25-5-7-29/h2-3,8-9,18,25-26H,4-7,10-11H2,1H3,(H,27,28). The number of rotatable bonds is 2. The quantitative estimate of drug-likeness (QED) is 0.607. The molecule has 3 heterocycles. The summed E-state index contributed by atoms with van der Waals surface area (Å²) < 4.78 is 28.4. The maximum absolute atomic E-state index is 14.2. The number of benzene rings is 1. The van der Waals surface area contributed by atoms with E-state index in [4.69, 9.17) is 0 Å². The summed E-state index contributed by atoms with van der Waals surface area (Å²) in [5.41, 5.74) is 3.76. The normalized spacial score (nSPS) is 27.0. The van der Waals surface area contributed by atoms with E-state index >= 15 is 0 Å². The van der Waals surface area contributed by atoms with Crippen molar-refractivity contribution in [1.82, 2.24) is 25.4 Å². The second-order valence-corrected chi connectivity index (χ2v) is 9.03. The molecule has 30 heavy (non-hydrogen) atoms. The molecule has 1 aliphatic heterocycles. The van der Waals surface area contributed by atoms with Crippen molar-refractivity contribution in [3.8, 4) is 11.4 Å². The van der Waals surface area contributed by atoms with Crippen LogP contribution in [0.2, 0.25) is 0 Å². The number of H-pyrrole nitrogens is 2. The SMILES string of the molecule is CC12Cc3[nH]nc(-c4cc5ccc(C(=O)N6CCNCC6)cc5[nH]4)c3CC1C2(F)F. The molecule has 1 amide bonds. The minimum atomic E-state index is -2.61. The van der Waals surface area contributed by atoms with Crippen LogP contribution in [0.1, 0.15) is 28.5 Å². The van der Waals surface area contributed by atoms with Crippen molar-refractivity contribution >= 4 is 16.8 Å². The Bertz CT molecular complexity index is 1180. The summed E-state index contributed by atoms with van der Waals surface area (Å²) in [6.45, 7) is 4.70. The molecule has 6 rings (SSSR count). The summed E-state index contributed by atoms with van der Waals surface area (Å²) in [5.74, 6) is -3.19. The third-order valence-corrected chi connectivity index (χ3v) is 7.32. The van der Waals surface area contributed by atoms with Crippen LogP contribution in [0.25, 0.3) is 22.3 Å². The average molecular weight is 411 g/mol. The van der Waals surface area contributed by atoms with Crippen molar-refractivity contribution in [2.24, 2.45) is 11.3 Å². The summed E-state index contributed by atoms with van der Waals surface area (Å²) in [5, 5.41) is 11.7. The van der Waals surface area contributed by atoms with Crippen molar-refractivity contribution in [3.63, 3.8) is 0 Å². The number of aromatic nitrogens is 3. The van der Waals surface area contributed by atoms with Crippen molar-refractivity contribution in [2.75, 3.05) is 26.2 Å². The Hall–Kier alpha value is -2.74. The lowest BCUT2D eigenvalue weighted by molar-refractivity contribution is 0.0631. The van der Waals surface area contributed by atoms with E-state index in [-0.39, 0.29) is 5.91 Å². The highest BCUT2D eigenvalue weighted by Gasteiger charge is 2.78. The molecule has 1 saturated carbocycles. The molecule has 0 spiro atoms. The highest BCUT2D eigenvalue weighted by molar-refractivity contribution is 5.99. The fourth-order valence-corrected chi connectivity index (χ4v) is 5.27. The van der Waals surface area contributed by atoms with Gasteiger partial charge < -0.3 is 15.2 Å². The Kier molecular flexibility index (Phi) is 3.56. The van der Waals surface area contributed by atoms with E-state index in [9.17, 15) is 13.6 Å². The number of fused-ring (bicyclic) bond motifs is 3. The van der Waals surface area contributed by atoms with E-state index in [0.29, 0.717) is 37.2 Å². The third-order valence-electron chi connectivity index (χ3n) is 7.32. The first kappa shape index (κ1) is 18.1. The van der Waals surface area contributed by atoms with E-state index in [1.807, 2.05) is 29.2 Å². The molecule has 2 atom stereocenters. The number of piperazine rings is 1. The molecule has 3 aliphatic rings. The van der Waals surface area contributed by atoms with Gasteiger partial charge in [0.2, 0.25) is 0 Å². The van der Waals surface area contributed by atoms with Gasteiger partial charge in [0.15, 0.2) is 0 Å². The Morgan fingerprint density at radius 3 is 2.83 bits per heavy atom. The largest absolute Gasteiger partial charge is 0.353 e. The van der Waals surface area contributed by atoms with Crippen molar-refractivity contribution in [3.05, 3.63) is 41.1 Å². The summed E-state index contributed by atoms with van der Waals surface area (Å²) in [7, 11) is 0. The number of nitrogens with zero attached hydrogens (tertiary/aromatic N) is 2. The molecule has 3 aromatic rings. The zero-order valence-corrected chi connectivity index (χ0v) is 16.7. The molecule has 2 fully saturated rings. The predicted molar refractivity (Wildman–Crippen MR) is 109 cm³/mol. The predicted octanol–water partition coefficient (Wildman–Crippen LogP) is 2.97. The molecule has 156 valence electrons. The summed E-state index contributed by atoms with van der Waals surface area (Å²) in [4.78, 5) is 18.0. The zero-order valence-electron chi connectivity index (χ0n) is 16.7. The highest BCUT2D eigenvalue weighted by atomic mass is 19.3. The molecular formula is C22H23F2N5O. The Labute approximate surface area is 172 Å². The molecule has 0 radical (unpaired) electrons.